The third-order valence-electron chi connectivity index (χ3n) is 2.02. The van der Waals surface area contributed by atoms with Crippen LogP contribution in [0.3, 0.4) is 0 Å². The monoisotopic (exact) mass is 182 g/mol. The summed E-state index contributed by atoms with van der Waals surface area (Å²) < 4.78 is 0. The van der Waals surface area contributed by atoms with E-state index in [2.05, 4.69) is 0 Å². The maximum Gasteiger partial charge on any atom is 0.332 e. The van der Waals surface area contributed by atoms with Crippen LogP contribution in [0.5, 0.6) is 0 Å². The van der Waals surface area contributed by atoms with Crippen LogP contribution in [-0.2, 0) is 9.59 Å². The van der Waals surface area contributed by atoms with Crippen LogP contribution >= 0.6 is 0 Å². The second-order valence-electron chi connectivity index (χ2n) is 2.92. The van der Waals surface area contributed by atoms with Gasteiger partial charge in [-0.05, 0) is 6.42 Å². The van der Waals surface area contributed by atoms with Gasteiger partial charge in [-0.25, -0.2) is 9.59 Å². The van der Waals surface area contributed by atoms with Crippen molar-refractivity contribution < 1.29 is 19.8 Å². The number of carbonyl (C=O) groups is 2. The lowest BCUT2D eigenvalue weighted by Crippen LogP contribution is -2.18. The van der Waals surface area contributed by atoms with Gasteiger partial charge in [0.05, 0.1) is 11.1 Å². The Bertz CT molecular complexity index is 312. The summed E-state index contributed by atoms with van der Waals surface area (Å²) in [5.41, 5.74) is -0.0162. The van der Waals surface area contributed by atoms with Crippen molar-refractivity contribution in [3.05, 3.63) is 23.3 Å². The van der Waals surface area contributed by atoms with Crippen LogP contribution in [0, 0.1) is 5.92 Å². The molecular formula is C9H10O4. The molecule has 0 heterocycles. The van der Waals surface area contributed by atoms with E-state index in [0.29, 0.717) is 0 Å². The highest BCUT2D eigenvalue weighted by molar-refractivity contribution is 6.00. The Hall–Kier alpha value is -1.58. The zero-order valence-corrected chi connectivity index (χ0v) is 7.15. The van der Waals surface area contributed by atoms with E-state index in [1.807, 2.05) is 0 Å². The molecule has 0 aliphatic heterocycles. The largest absolute Gasteiger partial charge is 0.478 e. The average molecular weight is 182 g/mol. The van der Waals surface area contributed by atoms with Crippen LogP contribution in [0.25, 0.3) is 0 Å². The first-order valence-corrected chi connectivity index (χ1v) is 3.90. The van der Waals surface area contributed by atoms with Gasteiger partial charge in [0.1, 0.15) is 0 Å². The lowest BCUT2D eigenvalue weighted by atomic mass is 9.89. The van der Waals surface area contributed by atoms with Gasteiger partial charge in [-0.15, -0.1) is 0 Å². The Morgan fingerprint density at radius 3 is 2.38 bits per heavy atom. The third-order valence-corrected chi connectivity index (χ3v) is 2.02. The van der Waals surface area contributed by atoms with Crippen molar-refractivity contribution in [2.75, 3.05) is 0 Å². The quantitative estimate of drug-likeness (QED) is 0.626. The van der Waals surface area contributed by atoms with Crippen molar-refractivity contribution in [3.8, 4) is 0 Å². The highest BCUT2D eigenvalue weighted by Gasteiger charge is 2.25. The van der Waals surface area contributed by atoms with Crippen molar-refractivity contribution in [1.82, 2.24) is 0 Å². The second-order valence-corrected chi connectivity index (χ2v) is 2.92. The molecular weight excluding hydrogens is 172 g/mol. The van der Waals surface area contributed by atoms with Crippen LogP contribution in [0.4, 0.5) is 0 Å². The first-order chi connectivity index (χ1) is 6.04. The van der Waals surface area contributed by atoms with Crippen LogP contribution < -0.4 is 0 Å². The number of aliphatic carboxylic acids is 2. The van der Waals surface area contributed by atoms with E-state index in [9.17, 15) is 9.59 Å². The van der Waals surface area contributed by atoms with E-state index >= 15 is 0 Å². The Morgan fingerprint density at radius 1 is 1.38 bits per heavy atom. The summed E-state index contributed by atoms with van der Waals surface area (Å²) in [6.07, 6.45) is 3.58. The Labute approximate surface area is 75.2 Å². The van der Waals surface area contributed by atoms with Crippen LogP contribution in [0.2, 0.25) is 0 Å². The fraction of sp³-hybridized carbons (Fsp3) is 0.333. The highest BCUT2D eigenvalue weighted by Crippen LogP contribution is 2.24. The molecule has 0 fully saturated rings. The standard InChI is InChI=1S/C9H10O4/c1-5-3-2-4-6(8(10)11)7(5)9(12)13/h2-3,5H,4H2,1H3,(H,10,11)(H,12,13). The van der Waals surface area contributed by atoms with Gasteiger partial charge in [0.2, 0.25) is 0 Å². The van der Waals surface area contributed by atoms with Gasteiger partial charge in [0, 0.05) is 5.92 Å². The maximum absolute atomic E-state index is 10.7. The summed E-state index contributed by atoms with van der Waals surface area (Å²) in [6, 6.07) is 0. The molecule has 1 rings (SSSR count). The van der Waals surface area contributed by atoms with Crippen molar-refractivity contribution in [2.45, 2.75) is 13.3 Å². The molecule has 2 N–H and O–H groups in total. The molecule has 70 valence electrons. The molecule has 13 heavy (non-hydrogen) atoms. The number of hydrogen-bond acceptors (Lipinski definition) is 2. The molecule has 0 aromatic heterocycles. The van der Waals surface area contributed by atoms with Crippen LogP contribution in [-0.4, -0.2) is 22.2 Å². The van der Waals surface area contributed by atoms with Gasteiger partial charge in [-0.1, -0.05) is 19.1 Å². The van der Waals surface area contributed by atoms with Gasteiger partial charge in [0.15, 0.2) is 0 Å². The van der Waals surface area contributed by atoms with Gasteiger partial charge in [-0.2, -0.15) is 0 Å². The predicted molar refractivity (Wildman–Crippen MR) is 45.2 cm³/mol. The molecule has 0 saturated heterocycles. The van der Waals surface area contributed by atoms with Crippen molar-refractivity contribution >= 4 is 11.9 Å². The lowest BCUT2D eigenvalue weighted by molar-refractivity contribution is -0.136. The molecule has 0 saturated carbocycles. The van der Waals surface area contributed by atoms with Gasteiger partial charge >= 0.3 is 11.9 Å². The van der Waals surface area contributed by atoms with E-state index in [1.54, 1.807) is 19.1 Å². The summed E-state index contributed by atoms with van der Waals surface area (Å²) in [7, 11) is 0. The summed E-state index contributed by atoms with van der Waals surface area (Å²) >= 11 is 0. The number of carboxylic acid groups (broad SMARTS) is 2. The second kappa shape index (κ2) is 3.43. The van der Waals surface area contributed by atoms with E-state index in [0.717, 1.165) is 0 Å². The maximum atomic E-state index is 10.7. The average Bonchev–Trinajstić information content (AvgIpc) is 2.02. The summed E-state index contributed by atoms with van der Waals surface area (Å²) in [6.45, 7) is 1.67. The number of hydrogen-bond donors (Lipinski definition) is 2. The Balaban J connectivity index is 3.14. The fourth-order valence-corrected chi connectivity index (χ4v) is 1.40. The van der Waals surface area contributed by atoms with E-state index in [-0.39, 0.29) is 23.5 Å². The molecule has 4 heteroatoms. The first kappa shape index (κ1) is 9.51. The molecule has 0 radical (unpaired) electrons. The van der Waals surface area contributed by atoms with Gasteiger partial charge in [0.25, 0.3) is 0 Å². The molecule has 0 bridgehead atoms. The molecule has 4 nitrogen and oxygen atoms in total. The van der Waals surface area contributed by atoms with Gasteiger partial charge < -0.3 is 10.2 Å². The number of carboxylic acids is 2. The van der Waals surface area contributed by atoms with E-state index in [4.69, 9.17) is 10.2 Å². The molecule has 0 aromatic rings. The van der Waals surface area contributed by atoms with E-state index < -0.39 is 11.9 Å². The van der Waals surface area contributed by atoms with Crippen LogP contribution in [0.1, 0.15) is 13.3 Å². The molecule has 0 aromatic carbocycles. The minimum atomic E-state index is -1.14. The molecule has 1 atom stereocenters. The van der Waals surface area contributed by atoms with Crippen molar-refractivity contribution in [2.24, 2.45) is 5.92 Å². The predicted octanol–water partition coefficient (Wildman–Crippen LogP) is 1.05. The summed E-state index contributed by atoms with van der Waals surface area (Å²) in [5.74, 6) is -2.61. The fourth-order valence-electron chi connectivity index (χ4n) is 1.40. The van der Waals surface area contributed by atoms with Crippen molar-refractivity contribution in [1.29, 1.82) is 0 Å². The SMILES string of the molecule is CC1C=CCC(C(=O)O)=C1C(=O)O. The number of allylic oxidation sites excluding steroid dienone is 2. The molecule has 1 aliphatic rings. The smallest absolute Gasteiger partial charge is 0.332 e. The summed E-state index contributed by atoms with van der Waals surface area (Å²) in [4.78, 5) is 21.4. The zero-order valence-electron chi connectivity index (χ0n) is 7.15. The van der Waals surface area contributed by atoms with Crippen LogP contribution in [0.15, 0.2) is 23.3 Å². The first-order valence-electron chi connectivity index (χ1n) is 3.90. The minimum Gasteiger partial charge on any atom is -0.478 e. The molecule has 1 aliphatic carbocycles. The Morgan fingerprint density at radius 2 is 2.00 bits per heavy atom. The normalized spacial score (nSPS) is 21.8. The molecule has 1 unspecified atom stereocenters. The zero-order chi connectivity index (χ0) is 10.0. The Kier molecular flexibility index (Phi) is 2.51. The van der Waals surface area contributed by atoms with Gasteiger partial charge in [-0.3, -0.25) is 0 Å². The topological polar surface area (TPSA) is 74.6 Å². The highest BCUT2D eigenvalue weighted by atomic mass is 16.4. The molecule has 0 amide bonds. The van der Waals surface area contributed by atoms with E-state index in [1.165, 1.54) is 0 Å². The van der Waals surface area contributed by atoms with Crippen molar-refractivity contribution in [3.63, 3.8) is 0 Å². The summed E-state index contributed by atoms with van der Waals surface area (Å²) in [5, 5.41) is 17.5. The lowest BCUT2D eigenvalue weighted by Gasteiger charge is -2.15. The molecule has 0 spiro atoms. The minimum absolute atomic E-state index is 0.00463. The number of rotatable bonds is 2. The third kappa shape index (κ3) is 1.77.